The summed E-state index contributed by atoms with van der Waals surface area (Å²) in [5, 5.41) is 64.2. The minimum absolute atomic E-state index is 0.00919. The number of phenols is 2. The number of guanidine groups is 1. The van der Waals surface area contributed by atoms with Crippen LogP contribution in [0.15, 0.2) is 53.5 Å². The SMILES string of the molecule is CCC1C(=O)C[C@H](NC(=O)[C@H](C)NC(=O)[C@H](CCCN=C(N)N)NC(=O)[C@H](Cc2ccc(O)cc2)NC(=O)[C@H](CC(C)C)NC(C)=O)C(=O)N1[C@@H](C)C(=O)N[C@@H](C)C(=O)N[C@@H](CO)C(=O)N1CCC[C@H]1C(=O)NCC(=O)N[C@@H](Cc1ccc(O)cc1)C(=O)N[C@@H](CO)C(N)=O. The molecule has 522 valence electrons. The van der Waals surface area contributed by atoms with Gasteiger partial charge < -0.3 is 101 Å². The highest BCUT2D eigenvalue weighted by atomic mass is 16.3. The molecule has 1 unspecified atom stereocenters. The molecular formula is C61H90N16O18. The molecule has 2 aliphatic heterocycles. The number of hydrogen-bond acceptors (Lipinski definition) is 19. The molecule has 95 heavy (non-hydrogen) atoms. The molecule has 13 amide bonds. The van der Waals surface area contributed by atoms with E-state index in [1.807, 2.05) is 13.8 Å². The molecule has 34 nitrogen and oxygen atoms in total. The number of nitrogens with zero attached hydrogens (tertiary/aromatic N) is 3. The van der Waals surface area contributed by atoms with Crippen LogP contribution in [0.4, 0.5) is 0 Å². The van der Waals surface area contributed by atoms with Gasteiger partial charge in [0.05, 0.1) is 25.8 Å². The van der Waals surface area contributed by atoms with Crippen LogP contribution < -0.4 is 70.4 Å². The van der Waals surface area contributed by atoms with Gasteiger partial charge in [0.15, 0.2) is 11.7 Å². The lowest BCUT2D eigenvalue weighted by molar-refractivity contribution is -0.154. The Bertz CT molecular complexity index is 3130. The van der Waals surface area contributed by atoms with E-state index in [2.05, 4.69) is 58.2 Å². The number of carbonyl (C=O) groups excluding carboxylic acids is 14. The maximum Gasteiger partial charge on any atom is 0.248 e. The van der Waals surface area contributed by atoms with E-state index in [1.54, 1.807) is 6.92 Å². The average Bonchev–Trinajstić information content (AvgIpc) is 1.17. The molecule has 0 aliphatic carbocycles. The Labute approximate surface area is 548 Å². The first-order valence-electron chi connectivity index (χ1n) is 31.0. The number of ketones is 1. The topological polar surface area (TPSA) is 537 Å². The van der Waals surface area contributed by atoms with Crippen molar-refractivity contribution in [2.24, 2.45) is 28.1 Å². The van der Waals surface area contributed by atoms with Gasteiger partial charge in [0.1, 0.15) is 78.0 Å². The standard InChI is InChI=1S/C61H90N16O18/c1-8-46-48(83)26-43(73-51(86)32(5)68-54(89)39(11-9-21-65-61(63)64)71-57(92)42(25-36-15-19-38(82)20-16-36)72-55(90)40(23-30(2)3)69-34(7)80)60(95)77(46)33(6)53(88)67-31(4)52(87)75-45(29-79)59(94)76-22-10-12-47(76)58(93)66-27-49(84)70-41(24-35-13-17-37(81)18-14-35)56(91)74-44(28-78)50(62)85/h13-20,30-33,39-47,78-79,81-82H,8-12,21-29H2,1-7H3,(H2,62,85)(H,66,93)(H,67,88)(H,68,89)(H,69,80)(H,70,84)(H,71,92)(H,72,90)(H,73,86)(H,74,91)(H,75,87)(H4,63,64,65)/t31-,32-,33-,39-,40-,41-,42-,43-,44-,45-,46?,47-/m0/s1. The van der Waals surface area contributed by atoms with Gasteiger partial charge in [-0.15, -0.1) is 0 Å². The quantitative estimate of drug-likeness (QED) is 0.0173. The number of aromatic hydroxyl groups is 2. The minimum Gasteiger partial charge on any atom is -0.508 e. The number of benzene rings is 2. The highest BCUT2D eigenvalue weighted by Gasteiger charge is 2.46. The van der Waals surface area contributed by atoms with E-state index in [1.165, 1.54) is 76.2 Å². The van der Waals surface area contributed by atoms with Crippen molar-refractivity contribution in [2.45, 2.75) is 179 Å². The highest BCUT2D eigenvalue weighted by molar-refractivity contribution is 6.04. The molecule has 0 radical (unpaired) electrons. The monoisotopic (exact) mass is 1330 g/mol. The molecule has 0 spiro atoms. The highest BCUT2D eigenvalue weighted by Crippen LogP contribution is 2.23. The summed E-state index contributed by atoms with van der Waals surface area (Å²) in [6.45, 7) is 7.69. The number of phenolic OH excluding ortho intramolecular Hbond substituents is 2. The van der Waals surface area contributed by atoms with Crippen molar-refractivity contribution in [2.75, 3.05) is 32.8 Å². The second-order valence-electron chi connectivity index (χ2n) is 23.7. The minimum atomic E-state index is -1.67. The van der Waals surface area contributed by atoms with Crippen LogP contribution in [-0.4, -0.2) is 224 Å². The maximum atomic E-state index is 14.3. The molecule has 2 fully saturated rings. The number of amides is 13. The molecule has 2 saturated heterocycles. The van der Waals surface area contributed by atoms with Gasteiger partial charge in [-0.1, -0.05) is 45.0 Å². The van der Waals surface area contributed by atoms with E-state index < -0.39 is 181 Å². The molecule has 0 bridgehead atoms. The van der Waals surface area contributed by atoms with Crippen LogP contribution >= 0.6 is 0 Å². The smallest absolute Gasteiger partial charge is 0.248 e. The van der Waals surface area contributed by atoms with E-state index in [0.717, 1.165) is 9.80 Å². The first-order valence-corrected chi connectivity index (χ1v) is 31.0. The van der Waals surface area contributed by atoms with Crippen molar-refractivity contribution < 1.29 is 87.5 Å². The normalized spacial score (nSPS) is 18.1. The van der Waals surface area contributed by atoms with E-state index in [4.69, 9.17) is 17.2 Å². The van der Waals surface area contributed by atoms with Gasteiger partial charge in [-0.2, -0.15) is 0 Å². The lowest BCUT2D eigenvalue weighted by atomic mass is 9.92. The van der Waals surface area contributed by atoms with Gasteiger partial charge in [-0.05, 0) is 101 Å². The van der Waals surface area contributed by atoms with Crippen LogP contribution in [0.3, 0.4) is 0 Å². The summed E-state index contributed by atoms with van der Waals surface area (Å²) < 4.78 is 0. The largest absolute Gasteiger partial charge is 0.508 e. The second kappa shape index (κ2) is 37.0. The van der Waals surface area contributed by atoms with Crippen molar-refractivity contribution >= 4 is 88.5 Å². The summed E-state index contributed by atoms with van der Waals surface area (Å²) in [7, 11) is 0. The van der Waals surface area contributed by atoms with Crippen LogP contribution in [-0.2, 0) is 80.0 Å². The van der Waals surface area contributed by atoms with Crippen molar-refractivity contribution in [3.05, 3.63) is 59.7 Å². The fourth-order valence-corrected chi connectivity index (χ4v) is 10.5. The molecule has 2 aliphatic rings. The zero-order valence-electron chi connectivity index (χ0n) is 54.1. The van der Waals surface area contributed by atoms with Gasteiger partial charge in [0, 0.05) is 39.3 Å². The molecule has 20 N–H and O–H groups in total. The number of aliphatic hydroxyl groups is 2. The van der Waals surface area contributed by atoms with Crippen LogP contribution in [0.25, 0.3) is 0 Å². The molecule has 2 aromatic rings. The molecular weight excluding hydrogens is 1240 g/mol. The number of likely N-dealkylation sites (tertiary alicyclic amines) is 2. The number of carbonyl (C=O) groups is 14. The number of aliphatic imine (C=N–C) groups is 1. The zero-order chi connectivity index (χ0) is 71.0. The van der Waals surface area contributed by atoms with Crippen LogP contribution in [0.2, 0.25) is 0 Å². The third-order valence-electron chi connectivity index (χ3n) is 15.6. The Balaban J connectivity index is 1.41. The average molecular weight is 1340 g/mol. The number of nitrogens with two attached hydrogens (primary N) is 3. The number of nitrogens with one attached hydrogen (secondary N) is 10. The molecule has 2 aromatic carbocycles. The Hall–Kier alpha value is -9.99. The van der Waals surface area contributed by atoms with Crippen LogP contribution in [0, 0.1) is 5.92 Å². The molecule has 2 heterocycles. The Morgan fingerprint density at radius 3 is 1.65 bits per heavy atom. The van der Waals surface area contributed by atoms with E-state index in [-0.39, 0.29) is 87.8 Å². The number of Topliss-reactive ketones (excluding diaryl/α,β-unsaturated/α-hetero) is 1. The summed E-state index contributed by atoms with van der Waals surface area (Å²) in [4.78, 5) is 195. The van der Waals surface area contributed by atoms with Crippen molar-refractivity contribution in [1.29, 1.82) is 0 Å². The van der Waals surface area contributed by atoms with E-state index in [0.29, 0.717) is 11.1 Å². The fourth-order valence-electron chi connectivity index (χ4n) is 10.5. The predicted octanol–water partition coefficient (Wildman–Crippen LogP) is -6.05. The van der Waals surface area contributed by atoms with Gasteiger partial charge in [-0.25, -0.2) is 0 Å². The summed E-state index contributed by atoms with van der Waals surface area (Å²) in [5.41, 5.74) is 17.2. The molecule has 4 rings (SSSR count). The second-order valence-corrected chi connectivity index (χ2v) is 23.7. The third kappa shape index (κ3) is 23.8. The Morgan fingerprint density at radius 2 is 1.13 bits per heavy atom. The molecule has 0 saturated carbocycles. The summed E-state index contributed by atoms with van der Waals surface area (Å²) in [5.74, 6) is -12.3. The van der Waals surface area contributed by atoms with Crippen LogP contribution in [0.1, 0.15) is 105 Å². The number of aliphatic hydroxyl groups excluding tert-OH is 2. The zero-order valence-corrected chi connectivity index (χ0v) is 54.1. The number of piperidine rings is 1. The molecule has 0 aromatic heterocycles. The summed E-state index contributed by atoms with van der Waals surface area (Å²) in [6, 6.07) is -5.30. The number of hydrogen-bond donors (Lipinski definition) is 17. The Morgan fingerprint density at radius 1 is 0.621 bits per heavy atom. The van der Waals surface area contributed by atoms with E-state index >= 15 is 0 Å². The number of rotatable bonds is 35. The van der Waals surface area contributed by atoms with Gasteiger partial charge in [0.25, 0.3) is 0 Å². The Kier molecular flexibility index (Phi) is 30.2. The van der Waals surface area contributed by atoms with Crippen molar-refractivity contribution in [3.8, 4) is 11.5 Å². The first kappa shape index (κ1) is 77.5. The van der Waals surface area contributed by atoms with E-state index in [9.17, 15) is 87.5 Å². The third-order valence-corrected chi connectivity index (χ3v) is 15.6. The molecule has 34 heteroatoms. The lowest BCUT2D eigenvalue weighted by Gasteiger charge is -2.41. The summed E-state index contributed by atoms with van der Waals surface area (Å²) in [6.07, 6.45) is -0.216. The lowest BCUT2D eigenvalue weighted by Crippen LogP contribution is -2.66. The fraction of sp³-hybridized carbons (Fsp3) is 0.557. The van der Waals surface area contributed by atoms with Gasteiger partial charge in [-0.3, -0.25) is 72.1 Å². The molecule has 12 atom stereocenters. The summed E-state index contributed by atoms with van der Waals surface area (Å²) >= 11 is 0. The maximum absolute atomic E-state index is 14.3. The van der Waals surface area contributed by atoms with Gasteiger partial charge >= 0.3 is 0 Å². The predicted molar refractivity (Wildman–Crippen MR) is 339 cm³/mol. The van der Waals surface area contributed by atoms with Crippen molar-refractivity contribution in [1.82, 2.24) is 63.0 Å². The number of primary amides is 1. The van der Waals surface area contributed by atoms with Gasteiger partial charge in [0.2, 0.25) is 76.8 Å². The first-order chi connectivity index (χ1) is 44.8. The van der Waals surface area contributed by atoms with Crippen LogP contribution in [0.5, 0.6) is 11.5 Å². The van der Waals surface area contributed by atoms with Crippen molar-refractivity contribution in [3.63, 3.8) is 0 Å².